The maximum absolute atomic E-state index is 11.5. The number of rotatable bonds is 5. The Morgan fingerprint density at radius 1 is 1.58 bits per heavy atom. The van der Waals surface area contributed by atoms with Crippen molar-refractivity contribution in [1.82, 2.24) is 5.32 Å². The van der Waals surface area contributed by atoms with Crippen molar-refractivity contribution < 1.29 is 14.8 Å². The highest BCUT2D eigenvalue weighted by Crippen LogP contribution is 2.26. The lowest BCUT2D eigenvalue weighted by Crippen LogP contribution is -2.33. The molecule has 0 saturated heterocycles. The second-order valence-corrected chi connectivity index (χ2v) is 4.45. The van der Waals surface area contributed by atoms with Crippen LogP contribution in [0.4, 0.5) is 16.2 Å². The first-order valence-corrected chi connectivity index (χ1v) is 5.91. The van der Waals surface area contributed by atoms with Crippen LogP contribution in [0, 0.1) is 16.0 Å². The number of carbonyl (C=O) groups excluding carboxylic acids is 1. The number of benzene rings is 1. The molecular formula is C11H14ClN3O4. The fraction of sp³-hybridized carbons (Fsp3) is 0.364. The summed E-state index contributed by atoms with van der Waals surface area (Å²) < 4.78 is 0. The molecule has 0 saturated carbocycles. The Morgan fingerprint density at radius 3 is 2.79 bits per heavy atom. The second kappa shape index (κ2) is 6.91. The fourth-order valence-corrected chi connectivity index (χ4v) is 1.44. The number of halogens is 1. The third-order valence-electron chi connectivity index (χ3n) is 2.33. The SMILES string of the molecule is CC(CO)CNC(=O)Nc1ccc([N+](=O)[O-])cc1Cl. The van der Waals surface area contributed by atoms with Crippen LogP contribution in [-0.4, -0.2) is 29.2 Å². The molecule has 0 bridgehead atoms. The van der Waals surface area contributed by atoms with Gasteiger partial charge < -0.3 is 15.7 Å². The third-order valence-corrected chi connectivity index (χ3v) is 2.65. The summed E-state index contributed by atoms with van der Waals surface area (Å²) in [6, 6.07) is 3.27. The predicted octanol–water partition coefficient (Wildman–Crippen LogP) is 2.00. The Labute approximate surface area is 114 Å². The highest BCUT2D eigenvalue weighted by atomic mass is 35.5. The van der Waals surface area contributed by atoms with Crippen LogP contribution in [0.3, 0.4) is 0 Å². The molecule has 0 aliphatic heterocycles. The molecule has 0 heterocycles. The number of nitrogens with one attached hydrogen (secondary N) is 2. The largest absolute Gasteiger partial charge is 0.396 e. The van der Waals surface area contributed by atoms with Gasteiger partial charge in [-0.15, -0.1) is 0 Å². The molecule has 3 N–H and O–H groups in total. The fourth-order valence-electron chi connectivity index (χ4n) is 1.22. The van der Waals surface area contributed by atoms with Crippen LogP contribution in [0.1, 0.15) is 6.92 Å². The average molecular weight is 288 g/mol. The Bertz CT molecular complexity index is 481. The van der Waals surface area contributed by atoms with Crippen LogP contribution in [0.25, 0.3) is 0 Å². The average Bonchev–Trinajstić information content (AvgIpc) is 2.38. The highest BCUT2D eigenvalue weighted by molar-refractivity contribution is 6.33. The van der Waals surface area contributed by atoms with Gasteiger partial charge in [0.2, 0.25) is 0 Å². The van der Waals surface area contributed by atoms with E-state index in [4.69, 9.17) is 16.7 Å². The topological polar surface area (TPSA) is 104 Å². The van der Waals surface area contributed by atoms with E-state index in [9.17, 15) is 14.9 Å². The van der Waals surface area contributed by atoms with Gasteiger partial charge >= 0.3 is 6.03 Å². The van der Waals surface area contributed by atoms with Crippen LogP contribution in [0.2, 0.25) is 5.02 Å². The minimum Gasteiger partial charge on any atom is -0.396 e. The first-order chi connectivity index (χ1) is 8.93. The lowest BCUT2D eigenvalue weighted by Gasteiger charge is -2.11. The molecule has 0 fully saturated rings. The maximum Gasteiger partial charge on any atom is 0.319 e. The van der Waals surface area contributed by atoms with E-state index in [0.29, 0.717) is 6.54 Å². The van der Waals surface area contributed by atoms with E-state index in [1.165, 1.54) is 12.1 Å². The van der Waals surface area contributed by atoms with Gasteiger partial charge in [-0.3, -0.25) is 10.1 Å². The summed E-state index contributed by atoms with van der Waals surface area (Å²) in [5.74, 6) is -0.0573. The molecular weight excluding hydrogens is 274 g/mol. The van der Waals surface area contributed by atoms with Crippen molar-refractivity contribution in [3.8, 4) is 0 Å². The van der Waals surface area contributed by atoms with Gasteiger partial charge in [0.15, 0.2) is 0 Å². The van der Waals surface area contributed by atoms with Crippen LogP contribution in [0.15, 0.2) is 18.2 Å². The number of hydrogen-bond donors (Lipinski definition) is 3. The lowest BCUT2D eigenvalue weighted by molar-refractivity contribution is -0.384. The van der Waals surface area contributed by atoms with Gasteiger partial charge in [-0.1, -0.05) is 18.5 Å². The monoisotopic (exact) mass is 287 g/mol. The molecule has 0 aliphatic rings. The number of anilines is 1. The first kappa shape index (κ1) is 15.2. The molecule has 0 aromatic heterocycles. The Hall–Kier alpha value is -1.86. The van der Waals surface area contributed by atoms with E-state index >= 15 is 0 Å². The molecule has 2 amide bonds. The van der Waals surface area contributed by atoms with Crippen molar-refractivity contribution >= 4 is 29.0 Å². The van der Waals surface area contributed by atoms with Gasteiger partial charge in [0.1, 0.15) is 0 Å². The minimum atomic E-state index is -0.571. The van der Waals surface area contributed by atoms with Gasteiger partial charge in [0.25, 0.3) is 5.69 Å². The lowest BCUT2D eigenvalue weighted by atomic mass is 10.2. The molecule has 1 unspecified atom stereocenters. The molecule has 8 heteroatoms. The van der Waals surface area contributed by atoms with Crippen molar-refractivity contribution in [2.24, 2.45) is 5.92 Å². The number of aliphatic hydroxyl groups excluding tert-OH is 1. The van der Waals surface area contributed by atoms with E-state index in [0.717, 1.165) is 6.07 Å². The number of non-ortho nitro benzene ring substituents is 1. The molecule has 1 atom stereocenters. The molecule has 0 spiro atoms. The van der Waals surface area contributed by atoms with Crippen molar-refractivity contribution in [2.45, 2.75) is 6.92 Å². The number of nitro groups is 1. The zero-order chi connectivity index (χ0) is 14.4. The second-order valence-electron chi connectivity index (χ2n) is 4.04. The summed E-state index contributed by atoms with van der Waals surface area (Å²) in [5.41, 5.74) is 0.131. The van der Waals surface area contributed by atoms with Crippen LogP contribution >= 0.6 is 11.6 Å². The Balaban J connectivity index is 2.62. The zero-order valence-electron chi connectivity index (χ0n) is 10.2. The number of aliphatic hydroxyl groups is 1. The van der Waals surface area contributed by atoms with Gasteiger partial charge in [-0.05, 0) is 12.0 Å². The number of urea groups is 1. The van der Waals surface area contributed by atoms with E-state index < -0.39 is 11.0 Å². The number of hydrogen-bond acceptors (Lipinski definition) is 4. The predicted molar refractivity (Wildman–Crippen MR) is 71.4 cm³/mol. The van der Waals surface area contributed by atoms with Gasteiger partial charge in [0.05, 0.1) is 15.6 Å². The standard InChI is InChI=1S/C11H14ClN3O4/c1-7(6-16)5-13-11(17)14-10-3-2-8(15(18)19)4-9(10)12/h2-4,7,16H,5-6H2,1H3,(H2,13,14,17). The van der Waals surface area contributed by atoms with E-state index in [1.807, 2.05) is 0 Å². The van der Waals surface area contributed by atoms with Crippen molar-refractivity contribution in [3.05, 3.63) is 33.3 Å². The van der Waals surface area contributed by atoms with Crippen LogP contribution < -0.4 is 10.6 Å². The molecule has 1 rings (SSSR count). The molecule has 0 radical (unpaired) electrons. The number of nitrogens with zero attached hydrogens (tertiary/aromatic N) is 1. The normalized spacial score (nSPS) is 11.7. The van der Waals surface area contributed by atoms with Crippen LogP contribution in [-0.2, 0) is 0 Å². The van der Waals surface area contributed by atoms with Crippen molar-refractivity contribution in [1.29, 1.82) is 0 Å². The minimum absolute atomic E-state index is 0.0292. The number of nitro benzene ring substituents is 1. The van der Waals surface area contributed by atoms with Gasteiger partial charge in [0, 0.05) is 25.3 Å². The quantitative estimate of drug-likeness (QED) is 0.569. The molecule has 0 aliphatic carbocycles. The molecule has 19 heavy (non-hydrogen) atoms. The number of amides is 2. The summed E-state index contributed by atoms with van der Waals surface area (Å²) in [7, 11) is 0. The van der Waals surface area contributed by atoms with Crippen LogP contribution in [0.5, 0.6) is 0 Å². The molecule has 1 aromatic carbocycles. The molecule has 1 aromatic rings. The summed E-state index contributed by atoms with van der Waals surface area (Å²) in [6.45, 7) is 2.06. The van der Waals surface area contributed by atoms with Gasteiger partial charge in [-0.25, -0.2) is 4.79 Å². The molecule has 7 nitrogen and oxygen atoms in total. The summed E-state index contributed by atoms with van der Waals surface area (Å²) in [4.78, 5) is 21.5. The Kier molecular flexibility index (Phi) is 5.53. The summed E-state index contributed by atoms with van der Waals surface area (Å²) in [6.07, 6.45) is 0. The van der Waals surface area contributed by atoms with Gasteiger partial charge in [-0.2, -0.15) is 0 Å². The maximum atomic E-state index is 11.5. The molecule has 104 valence electrons. The van der Waals surface area contributed by atoms with E-state index in [1.54, 1.807) is 6.92 Å². The van der Waals surface area contributed by atoms with Crippen molar-refractivity contribution in [3.63, 3.8) is 0 Å². The Morgan fingerprint density at radius 2 is 2.26 bits per heavy atom. The smallest absolute Gasteiger partial charge is 0.319 e. The van der Waals surface area contributed by atoms with Crippen molar-refractivity contribution in [2.75, 3.05) is 18.5 Å². The van der Waals surface area contributed by atoms with E-state index in [2.05, 4.69) is 10.6 Å². The zero-order valence-corrected chi connectivity index (χ0v) is 11.0. The first-order valence-electron chi connectivity index (χ1n) is 5.53. The third kappa shape index (κ3) is 4.72. The number of carbonyl (C=O) groups is 1. The summed E-state index contributed by atoms with van der Waals surface area (Å²) in [5, 5.41) is 24.4. The van der Waals surface area contributed by atoms with E-state index in [-0.39, 0.29) is 28.9 Å². The summed E-state index contributed by atoms with van der Waals surface area (Å²) >= 11 is 5.82. The highest BCUT2D eigenvalue weighted by Gasteiger charge is 2.11.